The second kappa shape index (κ2) is 9.68. The van der Waals surface area contributed by atoms with E-state index in [4.69, 9.17) is 0 Å². The van der Waals surface area contributed by atoms with E-state index < -0.39 is 0 Å². The first kappa shape index (κ1) is 18.8. The molecule has 0 unspecified atom stereocenters. The quantitative estimate of drug-likeness (QED) is 0.842. The molecule has 1 saturated carbocycles. The van der Waals surface area contributed by atoms with Crippen LogP contribution in [0.4, 0.5) is 0 Å². The summed E-state index contributed by atoms with van der Waals surface area (Å²) in [6, 6.07) is 0. The van der Waals surface area contributed by atoms with Crippen molar-refractivity contribution in [1.82, 2.24) is 10.2 Å². The number of carbonyl (C=O) groups excluding carboxylic acids is 1. The minimum Gasteiger partial charge on any atom is -0.342 e. The van der Waals surface area contributed by atoms with Gasteiger partial charge in [0, 0.05) is 19.0 Å². The molecule has 0 aromatic heterocycles. The lowest BCUT2D eigenvalue weighted by atomic mass is 9.80. The molecule has 21 heavy (non-hydrogen) atoms. The van der Waals surface area contributed by atoms with Crippen molar-refractivity contribution in [2.75, 3.05) is 26.2 Å². The maximum Gasteiger partial charge on any atom is 0.225 e. The molecular weight excluding hydrogens is 284 g/mol. The van der Waals surface area contributed by atoms with Crippen molar-refractivity contribution in [2.45, 2.75) is 58.8 Å². The van der Waals surface area contributed by atoms with Crippen LogP contribution in [0.2, 0.25) is 0 Å². The second-order valence-electron chi connectivity index (χ2n) is 6.70. The van der Waals surface area contributed by atoms with Gasteiger partial charge < -0.3 is 10.2 Å². The van der Waals surface area contributed by atoms with Gasteiger partial charge in [0.05, 0.1) is 0 Å². The Hall–Kier alpha value is -0.280. The molecule has 0 spiro atoms. The zero-order valence-corrected chi connectivity index (χ0v) is 14.6. The number of piperidine rings is 1. The Morgan fingerprint density at radius 3 is 2.14 bits per heavy atom. The van der Waals surface area contributed by atoms with Gasteiger partial charge in [0.1, 0.15) is 0 Å². The molecule has 2 aliphatic rings. The van der Waals surface area contributed by atoms with Crippen molar-refractivity contribution in [3.8, 4) is 0 Å². The fourth-order valence-corrected chi connectivity index (χ4v) is 3.78. The molecule has 1 N–H and O–H groups in total. The van der Waals surface area contributed by atoms with Gasteiger partial charge in [-0.25, -0.2) is 0 Å². The van der Waals surface area contributed by atoms with E-state index in [1.54, 1.807) is 0 Å². The molecule has 1 saturated heterocycles. The molecule has 0 bridgehead atoms. The Kier molecular flexibility index (Phi) is 8.65. The summed E-state index contributed by atoms with van der Waals surface area (Å²) in [5.74, 6) is 2.45. The van der Waals surface area contributed by atoms with Gasteiger partial charge in [0.2, 0.25) is 5.91 Å². The van der Waals surface area contributed by atoms with Gasteiger partial charge in [-0.05, 0) is 63.5 Å². The van der Waals surface area contributed by atoms with Gasteiger partial charge in [0.15, 0.2) is 0 Å². The smallest absolute Gasteiger partial charge is 0.225 e. The molecule has 4 heteroatoms. The summed E-state index contributed by atoms with van der Waals surface area (Å²) in [6.07, 6.45) is 8.46. The van der Waals surface area contributed by atoms with E-state index in [1.165, 1.54) is 32.1 Å². The average Bonchev–Trinajstić information content (AvgIpc) is 2.53. The van der Waals surface area contributed by atoms with Gasteiger partial charge in [-0.15, -0.1) is 12.4 Å². The van der Waals surface area contributed by atoms with Crippen LogP contribution in [-0.4, -0.2) is 37.0 Å². The lowest BCUT2D eigenvalue weighted by molar-refractivity contribution is -0.138. The maximum absolute atomic E-state index is 12.6. The molecule has 1 heterocycles. The molecule has 0 atom stereocenters. The molecule has 2 fully saturated rings. The van der Waals surface area contributed by atoms with Gasteiger partial charge >= 0.3 is 0 Å². The Labute approximate surface area is 136 Å². The number of nitrogens with one attached hydrogen (secondary N) is 1. The highest BCUT2D eigenvalue weighted by atomic mass is 35.5. The summed E-state index contributed by atoms with van der Waals surface area (Å²) in [5, 5.41) is 3.43. The normalized spacial score (nSPS) is 27.2. The first-order chi connectivity index (χ1) is 9.74. The van der Waals surface area contributed by atoms with Crippen molar-refractivity contribution in [3.63, 3.8) is 0 Å². The average molecular weight is 317 g/mol. The Morgan fingerprint density at radius 2 is 1.62 bits per heavy atom. The number of likely N-dealkylation sites (tertiary alicyclic amines) is 1. The van der Waals surface area contributed by atoms with Crippen LogP contribution in [-0.2, 0) is 4.79 Å². The molecule has 0 radical (unpaired) electrons. The minimum absolute atomic E-state index is 0. The van der Waals surface area contributed by atoms with Crippen LogP contribution in [0.3, 0.4) is 0 Å². The predicted molar refractivity (Wildman–Crippen MR) is 90.8 cm³/mol. The number of carbonyl (C=O) groups is 1. The van der Waals surface area contributed by atoms with Crippen molar-refractivity contribution >= 4 is 18.3 Å². The van der Waals surface area contributed by atoms with Gasteiger partial charge in [-0.3, -0.25) is 4.79 Å². The number of rotatable bonds is 5. The highest BCUT2D eigenvalue weighted by Crippen LogP contribution is 2.32. The van der Waals surface area contributed by atoms with E-state index in [0.29, 0.717) is 11.8 Å². The molecular formula is C17H33ClN2O. The standard InChI is InChI=1S/C17H32N2O.ClH/c1-3-14-5-7-16(8-6-14)17(20)19-11-9-15(10-12-19)13-18-4-2;/h14-16,18H,3-13H2,1-2H3;1H. The number of amides is 1. The Bertz CT molecular complexity index is 295. The van der Waals surface area contributed by atoms with Gasteiger partial charge in [-0.1, -0.05) is 20.3 Å². The van der Waals surface area contributed by atoms with Crippen LogP contribution < -0.4 is 5.32 Å². The predicted octanol–water partition coefficient (Wildman–Crippen LogP) is 3.47. The lowest BCUT2D eigenvalue weighted by Gasteiger charge is -2.36. The van der Waals surface area contributed by atoms with Crippen LogP contribution in [0, 0.1) is 17.8 Å². The summed E-state index contributed by atoms with van der Waals surface area (Å²) in [6.45, 7) is 8.60. The number of hydrogen-bond acceptors (Lipinski definition) is 2. The van der Waals surface area contributed by atoms with E-state index >= 15 is 0 Å². The summed E-state index contributed by atoms with van der Waals surface area (Å²) in [5.41, 5.74) is 0. The van der Waals surface area contributed by atoms with Crippen LogP contribution in [0.1, 0.15) is 58.8 Å². The molecule has 2 rings (SSSR count). The van der Waals surface area contributed by atoms with Crippen LogP contribution in [0.15, 0.2) is 0 Å². The number of hydrogen-bond donors (Lipinski definition) is 1. The molecule has 0 aromatic carbocycles. The Morgan fingerprint density at radius 1 is 1.00 bits per heavy atom. The molecule has 1 aliphatic heterocycles. The molecule has 3 nitrogen and oxygen atoms in total. The van der Waals surface area contributed by atoms with Gasteiger partial charge in [0.25, 0.3) is 0 Å². The fourth-order valence-electron chi connectivity index (χ4n) is 3.78. The Balaban J connectivity index is 0.00000220. The molecule has 124 valence electrons. The monoisotopic (exact) mass is 316 g/mol. The highest BCUT2D eigenvalue weighted by molar-refractivity contribution is 5.85. The molecule has 0 aromatic rings. The third-order valence-corrected chi connectivity index (χ3v) is 5.38. The van der Waals surface area contributed by atoms with Crippen molar-refractivity contribution in [1.29, 1.82) is 0 Å². The SMILES string of the molecule is CCNCC1CCN(C(=O)C2CCC(CC)CC2)CC1.Cl. The largest absolute Gasteiger partial charge is 0.342 e. The van der Waals surface area contributed by atoms with E-state index in [2.05, 4.69) is 24.1 Å². The van der Waals surface area contributed by atoms with Crippen LogP contribution >= 0.6 is 12.4 Å². The number of halogens is 1. The van der Waals surface area contributed by atoms with Crippen molar-refractivity contribution < 1.29 is 4.79 Å². The molecule has 1 aliphatic carbocycles. The van der Waals surface area contributed by atoms with E-state index in [1.807, 2.05) is 0 Å². The lowest BCUT2D eigenvalue weighted by Crippen LogP contribution is -2.44. The first-order valence-corrected chi connectivity index (χ1v) is 8.74. The zero-order chi connectivity index (χ0) is 14.4. The minimum atomic E-state index is 0. The van der Waals surface area contributed by atoms with Crippen molar-refractivity contribution in [3.05, 3.63) is 0 Å². The summed E-state index contributed by atoms with van der Waals surface area (Å²) < 4.78 is 0. The number of nitrogens with zero attached hydrogens (tertiary/aromatic N) is 1. The summed E-state index contributed by atoms with van der Waals surface area (Å²) >= 11 is 0. The summed E-state index contributed by atoms with van der Waals surface area (Å²) in [7, 11) is 0. The van der Waals surface area contributed by atoms with E-state index in [-0.39, 0.29) is 12.4 Å². The summed E-state index contributed by atoms with van der Waals surface area (Å²) in [4.78, 5) is 14.7. The van der Waals surface area contributed by atoms with E-state index in [9.17, 15) is 4.79 Å². The fraction of sp³-hybridized carbons (Fsp3) is 0.941. The molecule has 1 amide bonds. The third kappa shape index (κ3) is 5.45. The van der Waals surface area contributed by atoms with E-state index in [0.717, 1.165) is 50.9 Å². The zero-order valence-electron chi connectivity index (χ0n) is 13.8. The van der Waals surface area contributed by atoms with Crippen LogP contribution in [0.25, 0.3) is 0 Å². The van der Waals surface area contributed by atoms with Gasteiger partial charge in [-0.2, -0.15) is 0 Å². The third-order valence-electron chi connectivity index (χ3n) is 5.38. The first-order valence-electron chi connectivity index (χ1n) is 8.74. The highest BCUT2D eigenvalue weighted by Gasteiger charge is 2.30. The second-order valence-corrected chi connectivity index (χ2v) is 6.70. The van der Waals surface area contributed by atoms with Crippen molar-refractivity contribution in [2.24, 2.45) is 17.8 Å². The topological polar surface area (TPSA) is 32.3 Å². The maximum atomic E-state index is 12.6. The van der Waals surface area contributed by atoms with Crippen LogP contribution in [0.5, 0.6) is 0 Å².